The van der Waals surface area contributed by atoms with Gasteiger partial charge in [0.15, 0.2) is 0 Å². The molecule has 2 atom stereocenters. The maximum Gasteiger partial charge on any atom is 0.130 e. The average molecular weight is 514 g/mol. The Hall–Kier alpha value is -1.35. The van der Waals surface area contributed by atoms with E-state index in [0.717, 1.165) is 45.0 Å². The van der Waals surface area contributed by atoms with Crippen molar-refractivity contribution < 1.29 is 9.47 Å². The number of rotatable bonds is 5. The van der Waals surface area contributed by atoms with Crippen LogP contribution in [0.1, 0.15) is 25.0 Å². The zero-order valence-corrected chi connectivity index (χ0v) is 19.4. The van der Waals surface area contributed by atoms with Crippen LogP contribution in [0.4, 0.5) is 5.69 Å². The molecular weight excluding hydrogens is 489 g/mol. The summed E-state index contributed by atoms with van der Waals surface area (Å²) in [6.45, 7) is 9.86. The van der Waals surface area contributed by atoms with Crippen LogP contribution in [-0.4, -0.2) is 36.6 Å². The highest BCUT2D eigenvalue weighted by Crippen LogP contribution is 2.33. The standard InChI is InChI=1S/C21H25ClIN3O2/c1-13-8-21(28-17-5-6-19(23)18(22)9-17)14(2)7-20(13)24-12-25-26-10-15(3)27-16(4)11-26/h5-9,12,15-16H,10-11H2,1-4H3,(H,24,25). The van der Waals surface area contributed by atoms with E-state index in [1.807, 2.05) is 44.2 Å². The van der Waals surface area contributed by atoms with Crippen LogP contribution in [0.25, 0.3) is 0 Å². The third kappa shape index (κ3) is 5.59. The Morgan fingerprint density at radius 3 is 2.57 bits per heavy atom. The molecule has 0 aliphatic carbocycles. The first kappa shape index (κ1) is 21.4. The summed E-state index contributed by atoms with van der Waals surface area (Å²) < 4.78 is 12.8. The molecule has 1 N–H and O–H groups in total. The van der Waals surface area contributed by atoms with Gasteiger partial charge in [0.05, 0.1) is 22.9 Å². The van der Waals surface area contributed by atoms with Gasteiger partial charge in [0, 0.05) is 22.7 Å². The van der Waals surface area contributed by atoms with Crippen LogP contribution < -0.4 is 10.2 Å². The molecule has 2 unspecified atom stereocenters. The van der Waals surface area contributed by atoms with Gasteiger partial charge in [-0.15, -0.1) is 0 Å². The fraction of sp³-hybridized carbons (Fsp3) is 0.381. The Kier molecular flexibility index (Phi) is 7.20. The molecular formula is C21H25ClIN3O2. The fourth-order valence-electron chi connectivity index (χ4n) is 3.15. The van der Waals surface area contributed by atoms with Gasteiger partial charge in [-0.3, -0.25) is 0 Å². The van der Waals surface area contributed by atoms with Crippen LogP contribution >= 0.6 is 34.2 Å². The van der Waals surface area contributed by atoms with E-state index in [1.54, 1.807) is 6.34 Å². The second-order valence-corrected chi connectivity index (χ2v) is 8.70. The molecule has 0 spiro atoms. The Labute approximate surface area is 185 Å². The van der Waals surface area contributed by atoms with Crippen LogP contribution in [0.2, 0.25) is 5.02 Å². The minimum Gasteiger partial charge on any atom is -0.457 e. The number of benzene rings is 2. The lowest BCUT2D eigenvalue weighted by molar-refractivity contribution is -0.0760. The Morgan fingerprint density at radius 2 is 1.89 bits per heavy atom. The quantitative estimate of drug-likeness (QED) is 0.320. The molecule has 5 nitrogen and oxygen atoms in total. The number of halogens is 2. The molecule has 0 saturated carbocycles. The molecule has 3 rings (SSSR count). The molecule has 1 heterocycles. The third-order valence-electron chi connectivity index (χ3n) is 4.48. The number of hydrazine groups is 1. The number of nitrogens with one attached hydrogen (secondary N) is 1. The minimum atomic E-state index is 0.208. The van der Waals surface area contributed by atoms with E-state index in [2.05, 4.69) is 51.9 Å². The lowest BCUT2D eigenvalue weighted by Gasteiger charge is -2.34. The number of aliphatic imine (C=N–C) groups is 1. The maximum absolute atomic E-state index is 6.19. The smallest absolute Gasteiger partial charge is 0.130 e. The highest BCUT2D eigenvalue weighted by atomic mass is 127. The lowest BCUT2D eigenvalue weighted by atomic mass is 10.1. The van der Waals surface area contributed by atoms with Crippen molar-refractivity contribution in [3.8, 4) is 11.5 Å². The Bertz CT molecular complexity index is 865. The molecule has 28 heavy (non-hydrogen) atoms. The van der Waals surface area contributed by atoms with Gasteiger partial charge in [-0.2, -0.15) is 0 Å². The van der Waals surface area contributed by atoms with E-state index in [-0.39, 0.29) is 12.2 Å². The van der Waals surface area contributed by atoms with Crippen LogP contribution in [0.5, 0.6) is 11.5 Å². The van der Waals surface area contributed by atoms with Crippen LogP contribution in [0, 0.1) is 17.4 Å². The van der Waals surface area contributed by atoms with Gasteiger partial charge in [-0.25, -0.2) is 10.0 Å². The first-order valence-electron chi connectivity index (χ1n) is 9.25. The molecule has 0 radical (unpaired) electrons. The topological polar surface area (TPSA) is 46.1 Å². The molecule has 0 amide bonds. The van der Waals surface area contributed by atoms with E-state index in [9.17, 15) is 0 Å². The Morgan fingerprint density at radius 1 is 1.18 bits per heavy atom. The van der Waals surface area contributed by atoms with Gasteiger partial charge in [0.1, 0.15) is 17.8 Å². The molecule has 1 aliphatic rings. The predicted molar refractivity (Wildman–Crippen MR) is 123 cm³/mol. The van der Waals surface area contributed by atoms with Crippen molar-refractivity contribution in [1.29, 1.82) is 0 Å². The van der Waals surface area contributed by atoms with Crippen LogP contribution in [0.3, 0.4) is 0 Å². The van der Waals surface area contributed by atoms with E-state index >= 15 is 0 Å². The maximum atomic E-state index is 6.19. The second-order valence-electron chi connectivity index (χ2n) is 7.13. The largest absolute Gasteiger partial charge is 0.457 e. The van der Waals surface area contributed by atoms with Crippen LogP contribution in [-0.2, 0) is 4.74 Å². The normalized spacial score (nSPS) is 20.5. The van der Waals surface area contributed by atoms with E-state index < -0.39 is 0 Å². The van der Waals surface area contributed by atoms with Gasteiger partial charge in [-0.05, 0) is 85.7 Å². The SMILES string of the molecule is Cc1cc(Oc2ccc(I)c(Cl)c2)c(C)cc1N=CNN1CC(C)OC(C)C1. The molecule has 0 bridgehead atoms. The van der Waals surface area contributed by atoms with Gasteiger partial charge >= 0.3 is 0 Å². The zero-order chi connectivity index (χ0) is 20.3. The molecule has 2 aromatic rings. The summed E-state index contributed by atoms with van der Waals surface area (Å²) in [7, 11) is 0. The monoisotopic (exact) mass is 513 g/mol. The summed E-state index contributed by atoms with van der Waals surface area (Å²) in [4.78, 5) is 4.59. The summed E-state index contributed by atoms with van der Waals surface area (Å²) in [5.74, 6) is 1.53. The zero-order valence-electron chi connectivity index (χ0n) is 16.5. The van der Waals surface area contributed by atoms with Crippen molar-refractivity contribution in [1.82, 2.24) is 10.4 Å². The van der Waals surface area contributed by atoms with Crippen molar-refractivity contribution >= 4 is 46.2 Å². The highest BCUT2D eigenvalue weighted by molar-refractivity contribution is 14.1. The van der Waals surface area contributed by atoms with Gasteiger partial charge in [-0.1, -0.05) is 11.6 Å². The van der Waals surface area contributed by atoms with Gasteiger partial charge < -0.3 is 14.9 Å². The molecule has 2 aromatic carbocycles. The summed E-state index contributed by atoms with van der Waals surface area (Å²) in [6.07, 6.45) is 2.16. The number of nitrogens with zero attached hydrogens (tertiary/aromatic N) is 2. The number of hydrogen-bond donors (Lipinski definition) is 1. The molecule has 7 heteroatoms. The third-order valence-corrected chi connectivity index (χ3v) is 6.05. The first-order chi connectivity index (χ1) is 13.3. The molecule has 0 aromatic heterocycles. The molecule has 1 fully saturated rings. The molecule has 1 saturated heterocycles. The first-order valence-corrected chi connectivity index (χ1v) is 10.7. The van der Waals surface area contributed by atoms with Crippen molar-refractivity contribution in [3.05, 3.63) is 50.1 Å². The van der Waals surface area contributed by atoms with E-state index in [0.29, 0.717) is 5.02 Å². The van der Waals surface area contributed by atoms with Gasteiger partial charge in [0.25, 0.3) is 0 Å². The lowest BCUT2D eigenvalue weighted by Crippen LogP contribution is -2.51. The summed E-state index contributed by atoms with van der Waals surface area (Å²) in [6, 6.07) is 9.73. The van der Waals surface area contributed by atoms with E-state index in [1.165, 1.54) is 0 Å². The Balaban J connectivity index is 1.68. The summed E-state index contributed by atoms with van der Waals surface area (Å²) in [5.41, 5.74) is 6.22. The summed E-state index contributed by atoms with van der Waals surface area (Å²) in [5, 5.41) is 2.81. The average Bonchev–Trinajstić information content (AvgIpc) is 2.61. The minimum absolute atomic E-state index is 0.208. The van der Waals surface area contributed by atoms with Crippen LogP contribution in [0.15, 0.2) is 35.3 Å². The van der Waals surface area contributed by atoms with Crippen molar-refractivity contribution in [2.45, 2.75) is 39.9 Å². The second kappa shape index (κ2) is 9.43. The number of morpholine rings is 1. The molecule has 150 valence electrons. The fourth-order valence-corrected chi connectivity index (χ4v) is 3.66. The van der Waals surface area contributed by atoms with Crippen molar-refractivity contribution in [2.24, 2.45) is 4.99 Å². The number of aryl methyl sites for hydroxylation is 2. The predicted octanol–water partition coefficient (Wildman–Crippen LogP) is 5.63. The van der Waals surface area contributed by atoms with Crippen molar-refractivity contribution in [2.75, 3.05) is 13.1 Å². The van der Waals surface area contributed by atoms with Gasteiger partial charge in [0.2, 0.25) is 0 Å². The summed E-state index contributed by atoms with van der Waals surface area (Å²) >= 11 is 8.39. The molecule has 1 aliphatic heterocycles. The van der Waals surface area contributed by atoms with E-state index in [4.69, 9.17) is 21.1 Å². The number of hydrogen-bond acceptors (Lipinski definition) is 4. The van der Waals surface area contributed by atoms with Crippen molar-refractivity contribution in [3.63, 3.8) is 0 Å². The highest BCUT2D eigenvalue weighted by Gasteiger charge is 2.21. The number of ether oxygens (including phenoxy) is 2.